The first-order chi connectivity index (χ1) is 21.1. The Balaban J connectivity index is 0.000000204. The third-order valence-electron chi connectivity index (χ3n) is 7.14. The zero-order valence-electron chi connectivity index (χ0n) is 27.0. The average molecular weight is 762 g/mol. The van der Waals surface area contributed by atoms with Crippen LogP contribution in [0.4, 0.5) is 11.4 Å². The van der Waals surface area contributed by atoms with Crippen LogP contribution in [-0.2, 0) is 20.8 Å². The van der Waals surface area contributed by atoms with Crippen molar-refractivity contribution >= 4 is 65.4 Å². The fourth-order valence-corrected chi connectivity index (χ4v) is 5.18. The molecule has 6 aromatic carbocycles. The number of fused-ring (bicyclic) bond motifs is 2. The predicted molar refractivity (Wildman–Crippen MR) is 197 cm³/mol. The normalized spacial score (nSPS) is 10.0. The second kappa shape index (κ2) is 18.0. The van der Waals surface area contributed by atoms with Gasteiger partial charge in [0, 0.05) is 39.6 Å². The molecule has 6 aromatic rings. The van der Waals surface area contributed by atoms with Crippen LogP contribution in [0, 0.1) is 13.8 Å². The second-order valence-corrected chi connectivity index (χ2v) is 17.0. The van der Waals surface area contributed by atoms with Crippen molar-refractivity contribution in [3.63, 3.8) is 0 Å². The quantitative estimate of drug-likeness (QED) is 0.130. The fourth-order valence-electron chi connectivity index (χ4n) is 5.18. The summed E-state index contributed by atoms with van der Waals surface area (Å²) >= 11 is -0.326. The Morgan fingerprint density at radius 2 is 0.909 bits per heavy atom. The van der Waals surface area contributed by atoms with E-state index < -0.39 is 20.8 Å². The molecule has 0 N–H and O–H groups in total. The summed E-state index contributed by atoms with van der Waals surface area (Å²) in [6, 6.07) is 39.5. The summed E-state index contributed by atoms with van der Waals surface area (Å²) in [6.07, 6.45) is 0. The third-order valence-corrected chi connectivity index (χ3v) is 7.14. The number of rotatable bonds is 4. The predicted octanol–water partition coefficient (Wildman–Crippen LogP) is 11.4. The first-order valence-corrected chi connectivity index (χ1v) is 25.1. The standard InChI is InChI=1S/2C18H18N.C2H6Ge.2ClH.Zr/c2*1-13-10-14-7-5-9-17(18(14)11-13)15-6-4-8-16(12-15)19(2)3;1-3-2;;;/h2*4-12H,1-3H3;1-2H3;2*1H;/q2*-1;;;;+4/p-2. The van der Waals surface area contributed by atoms with E-state index in [1.807, 2.05) is 0 Å². The van der Waals surface area contributed by atoms with E-state index in [9.17, 15) is 0 Å². The summed E-state index contributed by atoms with van der Waals surface area (Å²) in [6.45, 7) is 4.31. The van der Waals surface area contributed by atoms with Crippen molar-refractivity contribution in [2.75, 3.05) is 38.0 Å². The van der Waals surface area contributed by atoms with Crippen molar-refractivity contribution < 1.29 is 20.8 Å². The summed E-state index contributed by atoms with van der Waals surface area (Å²) in [5, 5.41) is 5.34. The van der Waals surface area contributed by atoms with Crippen molar-refractivity contribution in [2.45, 2.75) is 25.4 Å². The van der Waals surface area contributed by atoms with E-state index in [-0.39, 0.29) is 0 Å². The zero-order valence-corrected chi connectivity index (χ0v) is 33.1. The van der Waals surface area contributed by atoms with Crippen molar-refractivity contribution in [2.24, 2.45) is 0 Å². The van der Waals surface area contributed by atoms with Crippen LogP contribution in [-0.4, -0.2) is 43.6 Å². The van der Waals surface area contributed by atoms with E-state index in [1.54, 1.807) is 0 Å². The molecule has 0 bridgehead atoms. The van der Waals surface area contributed by atoms with E-state index in [0.29, 0.717) is 15.4 Å². The minimum atomic E-state index is -0.826. The first-order valence-electron chi connectivity index (χ1n) is 14.6. The van der Waals surface area contributed by atoms with Gasteiger partial charge in [0.25, 0.3) is 0 Å². The zero-order chi connectivity index (χ0) is 32.2. The van der Waals surface area contributed by atoms with E-state index in [1.165, 1.54) is 66.3 Å². The molecule has 0 aliphatic rings. The summed E-state index contributed by atoms with van der Waals surface area (Å²) in [4.78, 5) is 4.28. The molecule has 6 rings (SSSR count). The van der Waals surface area contributed by atoms with Gasteiger partial charge in [0.05, 0.1) is 0 Å². The number of anilines is 2. The molecule has 0 amide bonds. The van der Waals surface area contributed by atoms with Gasteiger partial charge in [-0.2, -0.15) is 12.1 Å². The number of benzene rings is 4. The number of hydrogen-bond donors (Lipinski definition) is 0. The van der Waals surface area contributed by atoms with E-state index in [4.69, 9.17) is 17.0 Å². The summed E-state index contributed by atoms with van der Waals surface area (Å²) < 4.78 is 0. The van der Waals surface area contributed by atoms with Gasteiger partial charge >= 0.3 is 64.8 Å². The van der Waals surface area contributed by atoms with Crippen molar-refractivity contribution in [1.82, 2.24) is 0 Å². The van der Waals surface area contributed by atoms with Gasteiger partial charge in [0.15, 0.2) is 0 Å². The Hall–Kier alpha value is -2.29. The number of hydrogen-bond acceptors (Lipinski definition) is 2. The Morgan fingerprint density at radius 1 is 0.568 bits per heavy atom. The molecule has 0 atom stereocenters. The van der Waals surface area contributed by atoms with Crippen LogP contribution in [0.25, 0.3) is 43.8 Å². The summed E-state index contributed by atoms with van der Waals surface area (Å²) in [5.74, 6) is 4.50. The summed E-state index contributed by atoms with van der Waals surface area (Å²) in [7, 11) is 18.2. The van der Waals surface area contributed by atoms with Gasteiger partial charge in [-0.25, -0.2) is 0 Å². The summed E-state index contributed by atoms with van der Waals surface area (Å²) in [5.41, 5.74) is 10.3. The maximum absolute atomic E-state index is 4.93. The van der Waals surface area contributed by atoms with Crippen molar-refractivity contribution in [1.29, 1.82) is 0 Å². The molecule has 44 heavy (non-hydrogen) atoms. The number of halogens is 2. The van der Waals surface area contributed by atoms with Crippen molar-refractivity contribution in [3.05, 3.63) is 120 Å². The van der Waals surface area contributed by atoms with E-state index >= 15 is 0 Å². The SMILES string of the molecule is Cc1cc2c(-c3cccc(N(C)C)c3)cccc2[cH-]1.Cc1cc2c(-c3cccc(N(C)C)c3)cccc2[cH-]1.[CH3][Ge][CH3].[Cl][Zr+2][Cl]. The van der Waals surface area contributed by atoms with Crippen LogP contribution in [0.1, 0.15) is 11.1 Å². The molecule has 2 nitrogen and oxygen atoms in total. The third kappa shape index (κ3) is 9.85. The van der Waals surface area contributed by atoms with Gasteiger partial charge < -0.3 is 9.80 Å². The van der Waals surface area contributed by atoms with Crippen LogP contribution in [0.15, 0.2) is 109 Å². The van der Waals surface area contributed by atoms with Crippen LogP contribution < -0.4 is 9.80 Å². The maximum atomic E-state index is 4.93. The molecule has 2 radical (unpaired) electrons. The minimum absolute atomic E-state index is 0.500. The second-order valence-electron chi connectivity index (χ2n) is 11.1. The molecule has 0 heterocycles. The van der Waals surface area contributed by atoms with Gasteiger partial charge in [-0.3, -0.25) is 0 Å². The van der Waals surface area contributed by atoms with Crippen LogP contribution >= 0.6 is 17.0 Å². The number of aryl methyl sites for hydroxylation is 2. The molecular weight excluding hydrogens is 719 g/mol. The molecule has 226 valence electrons. The van der Waals surface area contributed by atoms with Crippen molar-refractivity contribution in [3.8, 4) is 22.3 Å². The van der Waals surface area contributed by atoms with Crippen LogP contribution in [0.5, 0.6) is 0 Å². The molecule has 0 fully saturated rings. The topological polar surface area (TPSA) is 6.48 Å². The van der Waals surface area contributed by atoms with Gasteiger partial charge in [0.1, 0.15) is 0 Å². The Kier molecular flexibility index (Phi) is 14.8. The molecule has 0 spiro atoms. The van der Waals surface area contributed by atoms with Gasteiger partial charge in [-0.1, -0.05) is 61.4 Å². The molecule has 0 aliphatic heterocycles. The fraction of sp³-hybridized carbons (Fsp3) is 0.211. The molecule has 0 unspecified atom stereocenters. The molecule has 0 aliphatic carbocycles. The molecule has 0 saturated heterocycles. The monoisotopic (exact) mass is 760 g/mol. The van der Waals surface area contributed by atoms with Gasteiger partial charge in [0.2, 0.25) is 0 Å². The average Bonchev–Trinajstić information content (AvgIpc) is 3.59. The van der Waals surface area contributed by atoms with Crippen LogP contribution in [0.3, 0.4) is 0 Å². The van der Waals surface area contributed by atoms with E-state index in [2.05, 4.69) is 173 Å². The molecule has 6 heteroatoms. The Bertz CT molecular complexity index is 1620. The van der Waals surface area contributed by atoms with Gasteiger partial charge in [-0.05, 0) is 35.4 Å². The Labute approximate surface area is 289 Å². The first kappa shape index (κ1) is 36.2. The van der Waals surface area contributed by atoms with Gasteiger partial charge in [-0.15, -0.1) is 69.1 Å². The molecule has 0 aromatic heterocycles. The molecule has 0 saturated carbocycles. The van der Waals surface area contributed by atoms with E-state index in [0.717, 1.165) is 0 Å². The number of nitrogens with zero attached hydrogens (tertiary/aromatic N) is 2. The van der Waals surface area contributed by atoms with Crippen LogP contribution in [0.2, 0.25) is 11.5 Å². The molecular formula is C38H42Cl2GeN2Zr. The Morgan fingerprint density at radius 3 is 1.25 bits per heavy atom.